The molecule has 1 heterocycles. The Morgan fingerprint density at radius 3 is 2.60 bits per heavy atom. The zero-order valence-electron chi connectivity index (χ0n) is 10.9. The van der Waals surface area contributed by atoms with Gasteiger partial charge in [0.2, 0.25) is 0 Å². The zero-order chi connectivity index (χ0) is 13.9. The SMILES string of the molecule is COc1ccc(Nc2nc(=O)[nH]c3ccccc23)cc1. The quantitative estimate of drug-likeness (QED) is 0.765. The minimum Gasteiger partial charge on any atom is -0.497 e. The number of aromatic nitrogens is 2. The van der Waals surface area contributed by atoms with Crippen molar-refractivity contribution >= 4 is 22.4 Å². The van der Waals surface area contributed by atoms with Crippen LogP contribution in [0.15, 0.2) is 53.3 Å². The molecule has 0 spiro atoms. The molecule has 100 valence electrons. The van der Waals surface area contributed by atoms with Crippen molar-refractivity contribution in [3.05, 3.63) is 59.0 Å². The van der Waals surface area contributed by atoms with Crippen molar-refractivity contribution in [3.8, 4) is 5.75 Å². The van der Waals surface area contributed by atoms with Gasteiger partial charge in [0.15, 0.2) is 0 Å². The minimum absolute atomic E-state index is 0.375. The highest BCUT2D eigenvalue weighted by atomic mass is 16.5. The smallest absolute Gasteiger partial charge is 0.347 e. The van der Waals surface area contributed by atoms with Crippen molar-refractivity contribution in [2.75, 3.05) is 12.4 Å². The maximum Gasteiger partial charge on any atom is 0.347 e. The van der Waals surface area contributed by atoms with Crippen LogP contribution in [0.2, 0.25) is 0 Å². The fourth-order valence-electron chi connectivity index (χ4n) is 2.01. The molecular formula is C15H13N3O2. The molecule has 1 aromatic heterocycles. The molecule has 0 bridgehead atoms. The third-order valence-electron chi connectivity index (χ3n) is 2.99. The van der Waals surface area contributed by atoms with E-state index in [4.69, 9.17) is 4.74 Å². The summed E-state index contributed by atoms with van der Waals surface area (Å²) in [6, 6.07) is 15.0. The number of hydrogen-bond donors (Lipinski definition) is 2. The predicted molar refractivity (Wildman–Crippen MR) is 78.6 cm³/mol. The first-order chi connectivity index (χ1) is 9.76. The third kappa shape index (κ3) is 2.33. The highest BCUT2D eigenvalue weighted by Crippen LogP contribution is 2.23. The summed E-state index contributed by atoms with van der Waals surface area (Å²) >= 11 is 0. The molecule has 2 aromatic carbocycles. The topological polar surface area (TPSA) is 67.0 Å². The van der Waals surface area contributed by atoms with Crippen LogP contribution in [0, 0.1) is 0 Å². The lowest BCUT2D eigenvalue weighted by Gasteiger charge is -2.08. The van der Waals surface area contributed by atoms with E-state index in [-0.39, 0.29) is 5.69 Å². The molecule has 3 rings (SSSR count). The maximum atomic E-state index is 11.6. The number of benzene rings is 2. The molecule has 0 unspecified atom stereocenters. The summed E-state index contributed by atoms with van der Waals surface area (Å²) < 4.78 is 5.11. The third-order valence-corrected chi connectivity index (χ3v) is 2.99. The number of para-hydroxylation sites is 1. The van der Waals surface area contributed by atoms with Crippen LogP contribution in [0.5, 0.6) is 5.75 Å². The minimum atomic E-state index is -0.375. The Hall–Kier alpha value is -2.82. The molecule has 2 N–H and O–H groups in total. The van der Waals surface area contributed by atoms with E-state index in [0.29, 0.717) is 5.82 Å². The lowest BCUT2D eigenvalue weighted by Crippen LogP contribution is -2.12. The number of ether oxygens (including phenoxy) is 1. The summed E-state index contributed by atoms with van der Waals surface area (Å²) in [5, 5.41) is 4.02. The first-order valence-electron chi connectivity index (χ1n) is 6.16. The second-order valence-corrected chi connectivity index (χ2v) is 4.29. The number of rotatable bonds is 3. The van der Waals surface area contributed by atoms with Gasteiger partial charge in [-0.05, 0) is 36.4 Å². The molecule has 5 nitrogen and oxygen atoms in total. The normalized spacial score (nSPS) is 10.4. The molecule has 0 atom stereocenters. The number of hydrogen-bond acceptors (Lipinski definition) is 4. The van der Waals surface area contributed by atoms with Crippen molar-refractivity contribution in [3.63, 3.8) is 0 Å². The van der Waals surface area contributed by atoms with Crippen molar-refractivity contribution in [1.82, 2.24) is 9.97 Å². The molecule has 5 heteroatoms. The predicted octanol–water partition coefficient (Wildman–Crippen LogP) is 2.68. The van der Waals surface area contributed by atoms with Gasteiger partial charge in [0.05, 0.1) is 12.6 Å². The Balaban J connectivity index is 2.03. The summed E-state index contributed by atoms with van der Waals surface area (Å²) in [5.74, 6) is 1.31. The number of H-pyrrole nitrogens is 1. The van der Waals surface area contributed by atoms with Crippen LogP contribution < -0.4 is 15.7 Å². The summed E-state index contributed by atoms with van der Waals surface area (Å²) in [5.41, 5.74) is 1.22. The van der Waals surface area contributed by atoms with Crippen molar-refractivity contribution in [2.45, 2.75) is 0 Å². The summed E-state index contributed by atoms with van der Waals surface area (Å²) in [6.07, 6.45) is 0. The van der Waals surface area contributed by atoms with Gasteiger partial charge in [0, 0.05) is 11.1 Å². The highest BCUT2D eigenvalue weighted by Gasteiger charge is 2.05. The molecule has 0 saturated carbocycles. The second-order valence-electron chi connectivity index (χ2n) is 4.29. The average Bonchev–Trinajstić information content (AvgIpc) is 2.48. The molecule has 0 aliphatic rings. The first-order valence-corrected chi connectivity index (χ1v) is 6.16. The van der Waals surface area contributed by atoms with E-state index >= 15 is 0 Å². The van der Waals surface area contributed by atoms with Gasteiger partial charge in [-0.3, -0.25) is 0 Å². The van der Waals surface area contributed by atoms with Crippen LogP contribution in [-0.2, 0) is 0 Å². The molecule has 0 fully saturated rings. The van der Waals surface area contributed by atoms with E-state index in [9.17, 15) is 4.79 Å². The van der Waals surface area contributed by atoms with E-state index in [1.54, 1.807) is 7.11 Å². The van der Waals surface area contributed by atoms with Crippen LogP contribution in [0.4, 0.5) is 11.5 Å². The number of methoxy groups -OCH3 is 1. The standard InChI is InChI=1S/C15H13N3O2/c1-20-11-8-6-10(7-9-11)16-14-12-4-2-3-5-13(12)17-15(19)18-14/h2-9H,1H3,(H2,16,17,18,19). The Kier molecular flexibility index (Phi) is 3.09. The van der Waals surface area contributed by atoms with Gasteiger partial charge in [-0.15, -0.1) is 0 Å². The van der Waals surface area contributed by atoms with E-state index in [1.807, 2.05) is 48.5 Å². The van der Waals surface area contributed by atoms with Crippen LogP contribution in [-0.4, -0.2) is 17.1 Å². The van der Waals surface area contributed by atoms with Gasteiger partial charge in [-0.2, -0.15) is 4.98 Å². The van der Waals surface area contributed by atoms with Crippen LogP contribution in [0.25, 0.3) is 10.9 Å². The molecule has 3 aromatic rings. The molecule has 0 aliphatic carbocycles. The fourth-order valence-corrected chi connectivity index (χ4v) is 2.01. The summed E-state index contributed by atoms with van der Waals surface area (Å²) in [7, 11) is 1.62. The lowest BCUT2D eigenvalue weighted by molar-refractivity contribution is 0.415. The van der Waals surface area contributed by atoms with E-state index < -0.39 is 0 Å². The second kappa shape index (κ2) is 5.05. The molecule has 0 saturated heterocycles. The zero-order valence-corrected chi connectivity index (χ0v) is 10.9. The number of nitrogens with zero attached hydrogens (tertiary/aromatic N) is 1. The molecular weight excluding hydrogens is 254 g/mol. The number of aromatic amines is 1. The molecule has 0 aliphatic heterocycles. The van der Waals surface area contributed by atoms with Crippen LogP contribution >= 0.6 is 0 Å². The van der Waals surface area contributed by atoms with Gasteiger partial charge >= 0.3 is 5.69 Å². The molecule has 0 radical (unpaired) electrons. The summed E-state index contributed by atoms with van der Waals surface area (Å²) in [6.45, 7) is 0. The lowest BCUT2D eigenvalue weighted by atomic mass is 10.2. The van der Waals surface area contributed by atoms with Gasteiger partial charge in [0.25, 0.3) is 0 Å². The largest absolute Gasteiger partial charge is 0.497 e. The van der Waals surface area contributed by atoms with Gasteiger partial charge < -0.3 is 15.0 Å². The van der Waals surface area contributed by atoms with E-state index in [2.05, 4.69) is 15.3 Å². The van der Waals surface area contributed by atoms with Crippen LogP contribution in [0.3, 0.4) is 0 Å². The van der Waals surface area contributed by atoms with Crippen molar-refractivity contribution in [2.24, 2.45) is 0 Å². The molecule has 0 amide bonds. The fraction of sp³-hybridized carbons (Fsp3) is 0.0667. The Labute approximate surface area is 115 Å². The number of nitrogens with one attached hydrogen (secondary N) is 2. The van der Waals surface area contributed by atoms with Crippen molar-refractivity contribution < 1.29 is 4.74 Å². The monoisotopic (exact) mass is 267 g/mol. The Bertz CT molecular complexity index is 794. The molecule has 20 heavy (non-hydrogen) atoms. The van der Waals surface area contributed by atoms with E-state index in [0.717, 1.165) is 22.3 Å². The van der Waals surface area contributed by atoms with E-state index in [1.165, 1.54) is 0 Å². The number of fused-ring (bicyclic) bond motifs is 1. The summed E-state index contributed by atoms with van der Waals surface area (Å²) in [4.78, 5) is 18.3. The van der Waals surface area contributed by atoms with Crippen LogP contribution in [0.1, 0.15) is 0 Å². The Morgan fingerprint density at radius 2 is 1.85 bits per heavy atom. The first kappa shape index (κ1) is 12.2. The van der Waals surface area contributed by atoms with Gasteiger partial charge in [-0.25, -0.2) is 4.79 Å². The van der Waals surface area contributed by atoms with Crippen molar-refractivity contribution in [1.29, 1.82) is 0 Å². The van der Waals surface area contributed by atoms with Gasteiger partial charge in [0.1, 0.15) is 11.6 Å². The number of anilines is 2. The van der Waals surface area contributed by atoms with Gasteiger partial charge in [-0.1, -0.05) is 12.1 Å². The Morgan fingerprint density at radius 1 is 1.10 bits per heavy atom. The maximum absolute atomic E-state index is 11.6. The highest BCUT2D eigenvalue weighted by molar-refractivity contribution is 5.90. The average molecular weight is 267 g/mol.